The molecular weight excluding hydrogens is 741 g/mol. The summed E-state index contributed by atoms with van der Waals surface area (Å²) in [5.74, 6) is 0. The van der Waals surface area contributed by atoms with Gasteiger partial charge in [-0.15, -0.1) is 0 Å². The molecular formula is C57H52N4. The van der Waals surface area contributed by atoms with E-state index in [2.05, 4.69) is 228 Å². The first-order chi connectivity index (χ1) is 30.1. The monoisotopic (exact) mass is 792 g/mol. The van der Waals surface area contributed by atoms with E-state index in [4.69, 9.17) is 0 Å². The highest BCUT2D eigenvalue weighted by atomic mass is 15.1. The van der Waals surface area contributed by atoms with Crippen LogP contribution >= 0.6 is 0 Å². The van der Waals surface area contributed by atoms with E-state index in [1.54, 1.807) is 0 Å². The molecule has 0 unspecified atom stereocenters. The van der Waals surface area contributed by atoms with E-state index in [1.807, 2.05) is 0 Å². The SMILES string of the molecule is CCCN(c1ccc(-n2c3ccc(N(CCC)c4ccc5ccccc5c4)cc3c3cc(N(CCC)c4ccc5ccccc5c4)ccc32)cc1)c1ccc2ccccc2c1. The lowest BCUT2D eigenvalue weighted by Crippen LogP contribution is -2.17. The second-order valence-corrected chi connectivity index (χ2v) is 16.3. The summed E-state index contributed by atoms with van der Waals surface area (Å²) in [6, 6.07) is 69.9. The van der Waals surface area contributed by atoms with Gasteiger partial charge in [0.05, 0.1) is 11.0 Å². The molecule has 0 atom stereocenters. The van der Waals surface area contributed by atoms with Gasteiger partial charge in [0.2, 0.25) is 0 Å². The van der Waals surface area contributed by atoms with Gasteiger partial charge in [-0.2, -0.15) is 0 Å². The minimum Gasteiger partial charge on any atom is -0.341 e. The van der Waals surface area contributed by atoms with Crippen LogP contribution in [0.25, 0.3) is 59.8 Å². The van der Waals surface area contributed by atoms with Crippen molar-refractivity contribution in [1.82, 2.24) is 4.57 Å². The predicted molar refractivity (Wildman–Crippen MR) is 265 cm³/mol. The van der Waals surface area contributed by atoms with E-state index in [1.165, 1.54) is 88.2 Å². The Morgan fingerprint density at radius 2 is 0.623 bits per heavy atom. The summed E-state index contributed by atoms with van der Waals surface area (Å²) < 4.78 is 2.46. The summed E-state index contributed by atoms with van der Waals surface area (Å²) >= 11 is 0. The second kappa shape index (κ2) is 16.5. The first-order valence-electron chi connectivity index (χ1n) is 22.1. The summed E-state index contributed by atoms with van der Waals surface area (Å²) in [7, 11) is 0. The molecule has 0 radical (unpaired) electrons. The number of anilines is 6. The Labute approximate surface area is 359 Å². The minimum atomic E-state index is 0.924. The number of rotatable bonds is 13. The van der Waals surface area contributed by atoms with Crippen molar-refractivity contribution in [1.29, 1.82) is 0 Å². The molecule has 0 aliphatic heterocycles. The molecule has 0 saturated carbocycles. The molecule has 10 aromatic rings. The third-order valence-corrected chi connectivity index (χ3v) is 12.3. The first kappa shape index (κ1) is 38.2. The molecule has 4 nitrogen and oxygen atoms in total. The van der Waals surface area contributed by atoms with Gasteiger partial charge in [0, 0.05) is 70.2 Å². The zero-order valence-electron chi connectivity index (χ0n) is 35.4. The average Bonchev–Trinajstić information content (AvgIpc) is 3.64. The third-order valence-electron chi connectivity index (χ3n) is 12.3. The van der Waals surface area contributed by atoms with Crippen molar-refractivity contribution in [3.05, 3.63) is 188 Å². The fourth-order valence-corrected chi connectivity index (χ4v) is 9.32. The topological polar surface area (TPSA) is 14.7 Å². The van der Waals surface area contributed by atoms with Crippen LogP contribution < -0.4 is 14.7 Å². The standard InChI is InChI=1S/C57H52N4/c1-4-33-58(49-22-19-41-13-7-10-16-44(41)36-49)47-25-27-48(28-26-47)61-56-31-29-52(59(34-5-2)50-23-20-42-14-8-11-17-45(42)37-50)39-54(56)55-40-53(30-32-57(55)61)60(35-6-3)51-24-21-43-15-9-12-18-46(43)38-51/h7-32,36-40H,4-6,33-35H2,1-3H3. The van der Waals surface area contributed by atoms with Crippen LogP contribution in [-0.2, 0) is 0 Å². The quantitative estimate of drug-likeness (QED) is 0.116. The van der Waals surface area contributed by atoms with Crippen LogP contribution in [-0.4, -0.2) is 24.2 Å². The number of aromatic nitrogens is 1. The van der Waals surface area contributed by atoms with Gasteiger partial charge in [-0.1, -0.05) is 112 Å². The smallest absolute Gasteiger partial charge is 0.0542 e. The molecule has 1 heterocycles. The van der Waals surface area contributed by atoms with Gasteiger partial charge in [0.15, 0.2) is 0 Å². The van der Waals surface area contributed by atoms with E-state index in [0.717, 1.165) is 44.6 Å². The molecule has 0 N–H and O–H groups in total. The molecule has 0 spiro atoms. The van der Waals surface area contributed by atoms with Crippen molar-refractivity contribution in [3.8, 4) is 5.69 Å². The second-order valence-electron chi connectivity index (χ2n) is 16.3. The van der Waals surface area contributed by atoms with Crippen LogP contribution in [0.3, 0.4) is 0 Å². The van der Waals surface area contributed by atoms with Crippen molar-refractivity contribution in [2.45, 2.75) is 40.0 Å². The minimum absolute atomic E-state index is 0.924. The highest BCUT2D eigenvalue weighted by molar-refractivity contribution is 6.12. The molecule has 0 bridgehead atoms. The summed E-state index contributed by atoms with van der Waals surface area (Å²) in [6.07, 6.45) is 3.12. The zero-order chi connectivity index (χ0) is 41.3. The molecule has 0 aliphatic rings. The molecule has 1 aromatic heterocycles. The van der Waals surface area contributed by atoms with E-state index >= 15 is 0 Å². The van der Waals surface area contributed by atoms with Gasteiger partial charge < -0.3 is 19.3 Å². The van der Waals surface area contributed by atoms with Crippen molar-refractivity contribution >= 4 is 88.2 Å². The normalized spacial score (nSPS) is 11.6. The summed E-state index contributed by atoms with van der Waals surface area (Å²) in [5, 5.41) is 10.1. The zero-order valence-corrected chi connectivity index (χ0v) is 35.4. The van der Waals surface area contributed by atoms with E-state index in [-0.39, 0.29) is 0 Å². The highest BCUT2D eigenvalue weighted by Crippen LogP contribution is 2.41. The van der Waals surface area contributed by atoms with Crippen LogP contribution in [0.5, 0.6) is 0 Å². The molecule has 10 rings (SSSR count). The Hall–Kier alpha value is -7.04. The number of benzene rings is 9. The summed E-state index contributed by atoms with van der Waals surface area (Å²) in [5.41, 5.74) is 10.8. The van der Waals surface area contributed by atoms with E-state index in [0.29, 0.717) is 0 Å². The average molecular weight is 793 g/mol. The van der Waals surface area contributed by atoms with Crippen molar-refractivity contribution in [3.63, 3.8) is 0 Å². The van der Waals surface area contributed by atoms with Gasteiger partial charge in [0.25, 0.3) is 0 Å². The lowest BCUT2D eigenvalue weighted by molar-refractivity contribution is 0.886. The van der Waals surface area contributed by atoms with Crippen LogP contribution in [0.1, 0.15) is 40.0 Å². The molecule has 0 amide bonds. The Bertz CT molecular complexity index is 3010. The van der Waals surface area contributed by atoms with Gasteiger partial charge in [0.1, 0.15) is 0 Å². The molecule has 0 aliphatic carbocycles. The lowest BCUT2D eigenvalue weighted by atomic mass is 10.1. The van der Waals surface area contributed by atoms with Crippen molar-refractivity contribution < 1.29 is 0 Å². The molecule has 0 fully saturated rings. The third kappa shape index (κ3) is 7.23. The Balaban J connectivity index is 1.12. The molecule has 61 heavy (non-hydrogen) atoms. The largest absolute Gasteiger partial charge is 0.341 e. The van der Waals surface area contributed by atoms with Crippen molar-refractivity contribution in [2.24, 2.45) is 0 Å². The number of hydrogen-bond acceptors (Lipinski definition) is 3. The van der Waals surface area contributed by atoms with Crippen molar-refractivity contribution in [2.75, 3.05) is 34.3 Å². The van der Waals surface area contributed by atoms with Crippen LogP contribution in [0.4, 0.5) is 34.1 Å². The maximum Gasteiger partial charge on any atom is 0.0542 e. The highest BCUT2D eigenvalue weighted by Gasteiger charge is 2.19. The fraction of sp³-hybridized carbons (Fsp3) is 0.158. The van der Waals surface area contributed by atoms with E-state index < -0.39 is 0 Å². The molecule has 300 valence electrons. The van der Waals surface area contributed by atoms with Gasteiger partial charge in [-0.05, 0) is 149 Å². The molecule has 9 aromatic carbocycles. The number of nitrogens with zero attached hydrogens (tertiary/aromatic N) is 4. The Morgan fingerprint density at radius 3 is 1.00 bits per heavy atom. The lowest BCUT2D eigenvalue weighted by Gasteiger charge is -2.26. The maximum absolute atomic E-state index is 2.49. The van der Waals surface area contributed by atoms with Gasteiger partial charge in [-0.25, -0.2) is 0 Å². The Morgan fingerprint density at radius 1 is 0.311 bits per heavy atom. The summed E-state index contributed by atoms with van der Waals surface area (Å²) in [4.78, 5) is 7.42. The summed E-state index contributed by atoms with van der Waals surface area (Å²) in [6.45, 7) is 9.58. The predicted octanol–water partition coefficient (Wildman–Crippen LogP) is 15.9. The van der Waals surface area contributed by atoms with E-state index in [9.17, 15) is 0 Å². The number of fused-ring (bicyclic) bond motifs is 6. The fourth-order valence-electron chi connectivity index (χ4n) is 9.32. The Kier molecular flexibility index (Phi) is 10.4. The van der Waals surface area contributed by atoms with Crippen LogP contribution in [0.15, 0.2) is 188 Å². The first-order valence-corrected chi connectivity index (χ1v) is 22.1. The van der Waals surface area contributed by atoms with Crippen LogP contribution in [0.2, 0.25) is 0 Å². The van der Waals surface area contributed by atoms with Gasteiger partial charge in [-0.3, -0.25) is 0 Å². The molecule has 4 heteroatoms. The molecule has 0 saturated heterocycles. The van der Waals surface area contributed by atoms with Gasteiger partial charge >= 0.3 is 0 Å². The number of hydrogen-bond donors (Lipinski definition) is 0. The van der Waals surface area contributed by atoms with Crippen LogP contribution in [0, 0.1) is 0 Å². The maximum atomic E-state index is 2.49.